The summed E-state index contributed by atoms with van der Waals surface area (Å²) in [5, 5.41) is 7.29. The number of esters is 1. The number of fused-ring (bicyclic) bond motifs is 1. The lowest BCUT2D eigenvalue weighted by molar-refractivity contribution is 0.00954. The SMILES string of the molecule is CC1(C)OC(=O)c2cc(Nc3ncc(Cl)c(Nc4ccccc4P(C)(C)=O)n3)ccc21. The molecule has 160 valence electrons. The van der Waals surface area contributed by atoms with E-state index >= 15 is 0 Å². The smallest absolute Gasteiger partial charge is 0.339 e. The van der Waals surface area contributed by atoms with Crippen molar-refractivity contribution < 1.29 is 14.1 Å². The van der Waals surface area contributed by atoms with Crippen LogP contribution in [0.1, 0.15) is 29.8 Å². The van der Waals surface area contributed by atoms with Gasteiger partial charge in [-0.3, -0.25) is 0 Å². The minimum Gasteiger partial charge on any atom is -0.451 e. The number of halogens is 1. The van der Waals surface area contributed by atoms with E-state index < -0.39 is 12.7 Å². The Morgan fingerprint density at radius 3 is 2.58 bits per heavy atom. The van der Waals surface area contributed by atoms with E-state index in [4.69, 9.17) is 16.3 Å². The first-order valence-corrected chi connectivity index (χ1v) is 12.6. The average molecular weight is 457 g/mol. The van der Waals surface area contributed by atoms with Crippen LogP contribution < -0.4 is 15.9 Å². The molecule has 31 heavy (non-hydrogen) atoms. The molecule has 0 bridgehead atoms. The number of para-hydroxylation sites is 1. The van der Waals surface area contributed by atoms with Gasteiger partial charge in [0.05, 0.1) is 17.4 Å². The van der Waals surface area contributed by atoms with Gasteiger partial charge in [-0.05, 0) is 51.4 Å². The van der Waals surface area contributed by atoms with Crippen LogP contribution in [0.4, 0.5) is 23.1 Å². The fourth-order valence-corrected chi connectivity index (χ4v) is 4.77. The monoisotopic (exact) mass is 456 g/mol. The fourth-order valence-electron chi connectivity index (χ4n) is 3.48. The molecule has 2 heterocycles. The largest absolute Gasteiger partial charge is 0.451 e. The maximum Gasteiger partial charge on any atom is 0.339 e. The number of carbonyl (C=O) groups excluding carboxylic acids is 1. The molecule has 2 N–H and O–H groups in total. The zero-order valence-corrected chi connectivity index (χ0v) is 19.2. The van der Waals surface area contributed by atoms with Crippen LogP contribution in [0.5, 0.6) is 0 Å². The maximum atomic E-state index is 12.6. The molecule has 0 fully saturated rings. The Bertz CT molecular complexity index is 1240. The molecule has 1 aliphatic heterocycles. The van der Waals surface area contributed by atoms with E-state index in [0.717, 1.165) is 5.56 Å². The van der Waals surface area contributed by atoms with Crippen molar-refractivity contribution in [1.29, 1.82) is 0 Å². The van der Waals surface area contributed by atoms with E-state index in [1.807, 2.05) is 50.2 Å². The minimum atomic E-state index is -2.51. The number of benzene rings is 2. The second-order valence-corrected chi connectivity index (χ2v) is 11.8. The van der Waals surface area contributed by atoms with Crippen molar-refractivity contribution >= 4 is 53.2 Å². The minimum absolute atomic E-state index is 0.297. The van der Waals surface area contributed by atoms with Crippen molar-refractivity contribution in [3.63, 3.8) is 0 Å². The summed E-state index contributed by atoms with van der Waals surface area (Å²) < 4.78 is 18.0. The van der Waals surface area contributed by atoms with Crippen molar-refractivity contribution in [2.75, 3.05) is 24.0 Å². The number of rotatable bonds is 5. The molecule has 0 atom stereocenters. The highest BCUT2D eigenvalue weighted by Crippen LogP contribution is 2.39. The number of nitrogens with one attached hydrogen (secondary N) is 2. The molecule has 0 aliphatic carbocycles. The van der Waals surface area contributed by atoms with Gasteiger partial charge < -0.3 is 19.9 Å². The maximum absolute atomic E-state index is 12.6. The van der Waals surface area contributed by atoms with Gasteiger partial charge in [0, 0.05) is 16.6 Å². The number of anilines is 4. The highest BCUT2D eigenvalue weighted by molar-refractivity contribution is 7.70. The first-order chi connectivity index (χ1) is 14.5. The Morgan fingerprint density at radius 1 is 1.10 bits per heavy atom. The van der Waals surface area contributed by atoms with Crippen LogP contribution in [0, 0.1) is 0 Å². The Kier molecular flexibility index (Phi) is 5.28. The van der Waals surface area contributed by atoms with Crippen LogP contribution in [-0.4, -0.2) is 29.3 Å². The Hall–Kier alpha value is -2.89. The van der Waals surface area contributed by atoms with Crippen LogP contribution in [0.15, 0.2) is 48.7 Å². The van der Waals surface area contributed by atoms with Crippen molar-refractivity contribution in [3.05, 3.63) is 64.8 Å². The number of aromatic nitrogens is 2. The van der Waals surface area contributed by atoms with Gasteiger partial charge in [-0.2, -0.15) is 4.98 Å². The molecule has 0 saturated carbocycles. The molecular weight excluding hydrogens is 435 g/mol. The van der Waals surface area contributed by atoms with Gasteiger partial charge in [-0.15, -0.1) is 0 Å². The van der Waals surface area contributed by atoms with Crippen LogP contribution in [0.3, 0.4) is 0 Å². The molecule has 4 rings (SSSR count). The molecule has 0 amide bonds. The summed E-state index contributed by atoms with van der Waals surface area (Å²) in [6.45, 7) is 7.13. The van der Waals surface area contributed by atoms with Gasteiger partial charge in [0.1, 0.15) is 17.8 Å². The number of cyclic esters (lactones) is 1. The Labute approximate surface area is 185 Å². The second-order valence-electron chi connectivity index (χ2n) is 8.17. The topological polar surface area (TPSA) is 93.2 Å². The lowest BCUT2D eigenvalue weighted by atomic mass is 9.96. The van der Waals surface area contributed by atoms with Gasteiger partial charge in [0.25, 0.3) is 0 Å². The lowest BCUT2D eigenvalue weighted by Crippen LogP contribution is -2.15. The molecule has 0 radical (unpaired) electrons. The third kappa shape index (κ3) is 4.29. The number of nitrogens with zero attached hydrogens (tertiary/aromatic N) is 2. The van der Waals surface area contributed by atoms with Crippen molar-refractivity contribution in [2.45, 2.75) is 19.4 Å². The van der Waals surface area contributed by atoms with Crippen LogP contribution in [-0.2, 0) is 14.9 Å². The Balaban J connectivity index is 1.63. The van der Waals surface area contributed by atoms with E-state index in [2.05, 4.69) is 20.6 Å². The summed E-state index contributed by atoms with van der Waals surface area (Å²) in [7, 11) is -2.51. The van der Waals surface area contributed by atoms with Gasteiger partial charge in [0.2, 0.25) is 5.95 Å². The molecule has 7 nitrogen and oxygen atoms in total. The lowest BCUT2D eigenvalue weighted by Gasteiger charge is -2.17. The quantitative estimate of drug-likeness (QED) is 0.399. The molecule has 0 spiro atoms. The number of carbonyl (C=O) groups is 1. The second kappa shape index (κ2) is 7.66. The van der Waals surface area contributed by atoms with Crippen molar-refractivity contribution in [2.24, 2.45) is 0 Å². The van der Waals surface area contributed by atoms with Crippen LogP contribution >= 0.6 is 18.7 Å². The molecule has 3 aromatic rings. The molecule has 2 aromatic carbocycles. The predicted molar refractivity (Wildman–Crippen MR) is 124 cm³/mol. The highest BCUT2D eigenvalue weighted by Gasteiger charge is 2.37. The number of ether oxygens (including phenoxy) is 1. The zero-order chi connectivity index (χ0) is 22.4. The third-order valence-corrected chi connectivity index (χ3v) is 6.80. The summed E-state index contributed by atoms with van der Waals surface area (Å²) >= 11 is 6.30. The molecule has 1 aliphatic rings. The third-order valence-electron chi connectivity index (χ3n) is 4.97. The highest BCUT2D eigenvalue weighted by atomic mass is 35.5. The van der Waals surface area contributed by atoms with Crippen LogP contribution in [0.25, 0.3) is 0 Å². The summed E-state index contributed by atoms with van der Waals surface area (Å²) in [5.41, 5.74) is 2.02. The van der Waals surface area contributed by atoms with Gasteiger partial charge >= 0.3 is 5.97 Å². The fraction of sp³-hybridized carbons (Fsp3) is 0.227. The van der Waals surface area contributed by atoms with Crippen LogP contribution in [0.2, 0.25) is 5.02 Å². The number of hydrogen-bond donors (Lipinski definition) is 2. The first-order valence-electron chi connectivity index (χ1n) is 9.64. The molecule has 0 saturated heterocycles. The van der Waals surface area contributed by atoms with E-state index in [1.54, 1.807) is 19.4 Å². The summed E-state index contributed by atoms with van der Waals surface area (Å²) in [5.74, 6) is 0.316. The van der Waals surface area contributed by atoms with Crippen molar-refractivity contribution in [1.82, 2.24) is 9.97 Å². The van der Waals surface area contributed by atoms with Crippen molar-refractivity contribution in [3.8, 4) is 0 Å². The van der Waals surface area contributed by atoms with E-state index in [0.29, 0.717) is 39.0 Å². The molecular formula is C22H22ClN4O3P. The first kappa shape index (κ1) is 21.3. The molecule has 9 heteroatoms. The molecule has 0 unspecified atom stereocenters. The normalized spacial score (nSPS) is 14.7. The average Bonchev–Trinajstić information content (AvgIpc) is 2.92. The Morgan fingerprint density at radius 2 is 1.84 bits per heavy atom. The number of hydrogen-bond acceptors (Lipinski definition) is 7. The van der Waals surface area contributed by atoms with E-state index in [9.17, 15) is 9.36 Å². The van der Waals surface area contributed by atoms with E-state index in [-0.39, 0.29) is 5.97 Å². The summed E-state index contributed by atoms with van der Waals surface area (Å²) in [4.78, 5) is 20.8. The molecule has 1 aromatic heterocycles. The predicted octanol–water partition coefficient (Wildman–Crippen LogP) is 5.27. The van der Waals surface area contributed by atoms with Gasteiger partial charge in [-0.25, -0.2) is 9.78 Å². The van der Waals surface area contributed by atoms with Gasteiger partial charge in [-0.1, -0.05) is 29.8 Å². The summed E-state index contributed by atoms with van der Waals surface area (Å²) in [6, 6.07) is 12.8. The standard InChI is InChI=1S/C22H22ClN4O3P/c1-22(2)15-10-9-13(11-14(15)20(28)30-22)25-21-24-12-16(23)19(27-21)26-17-7-5-6-8-18(17)31(3,4)29/h5-12H,1-4H3,(H2,24,25,26,27). The van der Waals surface area contributed by atoms with E-state index in [1.165, 1.54) is 6.20 Å². The summed E-state index contributed by atoms with van der Waals surface area (Å²) in [6.07, 6.45) is 1.48. The zero-order valence-electron chi connectivity index (χ0n) is 17.6. The van der Waals surface area contributed by atoms with Gasteiger partial charge in [0.15, 0.2) is 5.82 Å².